The third-order valence-electron chi connectivity index (χ3n) is 4.63. The highest BCUT2D eigenvalue weighted by atomic mass is 16.2. The number of guanidine groups is 1. The van der Waals surface area contributed by atoms with Crippen LogP contribution >= 0.6 is 0 Å². The maximum absolute atomic E-state index is 11.6. The van der Waals surface area contributed by atoms with Gasteiger partial charge in [-0.05, 0) is 24.8 Å². The molecule has 1 saturated carbocycles. The average Bonchev–Trinajstić information content (AvgIpc) is 3.33. The Labute approximate surface area is 138 Å². The highest BCUT2D eigenvalue weighted by molar-refractivity contribution is 5.81. The normalized spacial score (nSPS) is 21.3. The van der Waals surface area contributed by atoms with Crippen molar-refractivity contribution in [3.63, 3.8) is 0 Å². The first-order valence-corrected chi connectivity index (χ1v) is 8.56. The Bertz CT molecular complexity index is 553. The molecule has 1 amide bonds. The molecule has 1 aromatic rings. The van der Waals surface area contributed by atoms with Crippen LogP contribution in [0.25, 0.3) is 0 Å². The van der Waals surface area contributed by atoms with Crippen molar-refractivity contribution in [2.75, 3.05) is 33.2 Å². The minimum Gasteiger partial charge on any atom is -0.354 e. The lowest BCUT2D eigenvalue weighted by molar-refractivity contribution is -0.122. The smallest absolute Gasteiger partial charge is 0.223 e. The van der Waals surface area contributed by atoms with Crippen molar-refractivity contribution >= 4 is 11.9 Å². The van der Waals surface area contributed by atoms with E-state index in [0.717, 1.165) is 44.9 Å². The molecule has 5 heteroatoms. The molecule has 0 bridgehead atoms. The number of nitrogens with one attached hydrogen (secondary N) is 2. The van der Waals surface area contributed by atoms with Gasteiger partial charge >= 0.3 is 0 Å². The molecule has 1 unspecified atom stereocenters. The van der Waals surface area contributed by atoms with Crippen molar-refractivity contribution in [2.24, 2.45) is 10.9 Å². The maximum Gasteiger partial charge on any atom is 0.223 e. The molecule has 1 heterocycles. The Kier molecular flexibility index (Phi) is 5.16. The number of likely N-dealkylation sites (tertiary alicyclic amines) is 1. The van der Waals surface area contributed by atoms with Crippen molar-refractivity contribution in [1.29, 1.82) is 0 Å². The molecule has 2 fully saturated rings. The third-order valence-corrected chi connectivity index (χ3v) is 4.63. The molecule has 1 aromatic carbocycles. The number of nitrogens with zero attached hydrogens (tertiary/aromatic N) is 2. The number of hydrogen-bond donors (Lipinski definition) is 2. The molecule has 0 radical (unpaired) electrons. The molecule has 0 spiro atoms. The van der Waals surface area contributed by atoms with Crippen LogP contribution in [0, 0.1) is 5.92 Å². The van der Waals surface area contributed by atoms with Gasteiger partial charge in [0.15, 0.2) is 5.96 Å². The summed E-state index contributed by atoms with van der Waals surface area (Å²) in [6.07, 6.45) is 3.26. The molecule has 2 N–H and O–H groups in total. The fraction of sp³-hybridized carbons (Fsp3) is 0.556. The molecule has 1 aliphatic carbocycles. The fourth-order valence-electron chi connectivity index (χ4n) is 3.13. The first-order valence-electron chi connectivity index (χ1n) is 8.56. The second-order valence-electron chi connectivity index (χ2n) is 6.38. The van der Waals surface area contributed by atoms with E-state index >= 15 is 0 Å². The van der Waals surface area contributed by atoms with Crippen LogP contribution in [0.15, 0.2) is 35.3 Å². The SMILES string of the molecule is CN=C(NCCNC(=O)C1CC1)N1CCC(c2ccccc2)C1. The van der Waals surface area contributed by atoms with Crippen LogP contribution in [-0.2, 0) is 4.79 Å². The van der Waals surface area contributed by atoms with Gasteiger partial charge in [0.2, 0.25) is 5.91 Å². The minimum atomic E-state index is 0.201. The second kappa shape index (κ2) is 7.49. The van der Waals surface area contributed by atoms with Gasteiger partial charge in [0, 0.05) is 45.1 Å². The molecule has 124 valence electrons. The summed E-state index contributed by atoms with van der Waals surface area (Å²) < 4.78 is 0. The highest BCUT2D eigenvalue weighted by Gasteiger charge is 2.29. The second-order valence-corrected chi connectivity index (χ2v) is 6.38. The van der Waals surface area contributed by atoms with E-state index < -0.39 is 0 Å². The number of carbonyl (C=O) groups is 1. The molecule has 1 atom stereocenters. The van der Waals surface area contributed by atoms with Gasteiger partial charge in [0.1, 0.15) is 0 Å². The molecule has 1 saturated heterocycles. The van der Waals surface area contributed by atoms with E-state index in [1.807, 2.05) is 7.05 Å². The summed E-state index contributed by atoms with van der Waals surface area (Å²) in [4.78, 5) is 18.3. The first-order chi connectivity index (χ1) is 11.3. The lowest BCUT2D eigenvalue weighted by Crippen LogP contribution is -2.43. The van der Waals surface area contributed by atoms with E-state index in [-0.39, 0.29) is 11.8 Å². The van der Waals surface area contributed by atoms with Gasteiger partial charge in [-0.25, -0.2) is 0 Å². The van der Waals surface area contributed by atoms with E-state index in [4.69, 9.17) is 0 Å². The number of aliphatic imine (C=N–C) groups is 1. The van der Waals surface area contributed by atoms with Gasteiger partial charge in [-0.2, -0.15) is 0 Å². The fourth-order valence-corrected chi connectivity index (χ4v) is 3.13. The first kappa shape index (κ1) is 15.8. The Morgan fingerprint density at radius 1 is 1.17 bits per heavy atom. The van der Waals surface area contributed by atoms with Gasteiger partial charge in [-0.3, -0.25) is 9.79 Å². The van der Waals surface area contributed by atoms with E-state index in [1.54, 1.807) is 0 Å². The van der Waals surface area contributed by atoms with Gasteiger partial charge < -0.3 is 15.5 Å². The van der Waals surface area contributed by atoms with Crippen molar-refractivity contribution < 1.29 is 4.79 Å². The topological polar surface area (TPSA) is 56.7 Å². The van der Waals surface area contributed by atoms with Crippen LogP contribution in [0.5, 0.6) is 0 Å². The van der Waals surface area contributed by atoms with Crippen molar-refractivity contribution in [3.8, 4) is 0 Å². The van der Waals surface area contributed by atoms with Gasteiger partial charge in [-0.15, -0.1) is 0 Å². The van der Waals surface area contributed by atoms with Crippen LogP contribution in [0.3, 0.4) is 0 Å². The highest BCUT2D eigenvalue weighted by Crippen LogP contribution is 2.28. The summed E-state index contributed by atoms with van der Waals surface area (Å²) >= 11 is 0. The van der Waals surface area contributed by atoms with Gasteiger partial charge in [0.25, 0.3) is 0 Å². The molecule has 0 aromatic heterocycles. The van der Waals surface area contributed by atoms with Crippen LogP contribution in [0.2, 0.25) is 0 Å². The monoisotopic (exact) mass is 314 g/mol. The summed E-state index contributed by atoms with van der Waals surface area (Å²) in [6, 6.07) is 10.7. The average molecular weight is 314 g/mol. The number of amides is 1. The number of carbonyl (C=O) groups excluding carboxylic acids is 1. The summed E-state index contributed by atoms with van der Waals surface area (Å²) in [6.45, 7) is 3.40. The lowest BCUT2D eigenvalue weighted by Gasteiger charge is -2.22. The van der Waals surface area contributed by atoms with Crippen molar-refractivity contribution in [3.05, 3.63) is 35.9 Å². The summed E-state index contributed by atoms with van der Waals surface area (Å²) in [5, 5.41) is 6.33. The molecule has 1 aliphatic heterocycles. The van der Waals surface area contributed by atoms with Gasteiger partial charge in [0.05, 0.1) is 0 Å². The van der Waals surface area contributed by atoms with Crippen LogP contribution < -0.4 is 10.6 Å². The third kappa shape index (κ3) is 4.24. The zero-order chi connectivity index (χ0) is 16.1. The van der Waals surface area contributed by atoms with E-state index in [2.05, 4.69) is 50.9 Å². The Balaban J connectivity index is 1.43. The lowest BCUT2D eigenvalue weighted by atomic mass is 9.99. The predicted molar refractivity (Wildman–Crippen MR) is 92.5 cm³/mol. The van der Waals surface area contributed by atoms with Crippen LogP contribution in [-0.4, -0.2) is 50.0 Å². The van der Waals surface area contributed by atoms with Crippen LogP contribution in [0.1, 0.15) is 30.7 Å². The molecular formula is C18H26N4O. The zero-order valence-corrected chi connectivity index (χ0v) is 13.8. The Morgan fingerprint density at radius 3 is 2.61 bits per heavy atom. The summed E-state index contributed by atoms with van der Waals surface area (Å²) in [5.41, 5.74) is 1.40. The summed E-state index contributed by atoms with van der Waals surface area (Å²) in [7, 11) is 1.82. The zero-order valence-electron chi connectivity index (χ0n) is 13.8. The van der Waals surface area contributed by atoms with E-state index in [1.165, 1.54) is 5.56 Å². The molecule has 5 nitrogen and oxygen atoms in total. The number of rotatable bonds is 5. The standard InChI is InChI=1S/C18H26N4O/c1-19-18(21-11-10-20-17(23)15-7-8-15)22-12-9-16(13-22)14-5-3-2-4-6-14/h2-6,15-16H,7-13H2,1H3,(H,19,21)(H,20,23). The number of benzene rings is 1. The quantitative estimate of drug-likeness (QED) is 0.493. The van der Waals surface area contributed by atoms with Crippen molar-refractivity contribution in [1.82, 2.24) is 15.5 Å². The Morgan fingerprint density at radius 2 is 1.91 bits per heavy atom. The molecule has 2 aliphatic rings. The van der Waals surface area contributed by atoms with Crippen LogP contribution in [0.4, 0.5) is 0 Å². The number of hydrogen-bond acceptors (Lipinski definition) is 2. The maximum atomic E-state index is 11.6. The minimum absolute atomic E-state index is 0.201. The summed E-state index contributed by atoms with van der Waals surface area (Å²) in [5.74, 6) is 1.99. The molecule has 23 heavy (non-hydrogen) atoms. The van der Waals surface area contributed by atoms with Gasteiger partial charge in [-0.1, -0.05) is 30.3 Å². The Hall–Kier alpha value is -2.04. The predicted octanol–water partition coefficient (Wildman–Crippen LogP) is 1.58. The largest absolute Gasteiger partial charge is 0.354 e. The van der Waals surface area contributed by atoms with E-state index in [9.17, 15) is 4.79 Å². The van der Waals surface area contributed by atoms with E-state index in [0.29, 0.717) is 12.5 Å². The van der Waals surface area contributed by atoms with Crippen molar-refractivity contribution in [2.45, 2.75) is 25.2 Å². The molecule has 3 rings (SSSR count). The molecular weight excluding hydrogens is 288 g/mol.